The smallest absolute Gasteiger partial charge is 0.291 e. The molecule has 0 aliphatic heterocycles. The van der Waals surface area contributed by atoms with Crippen molar-refractivity contribution in [2.75, 3.05) is 0 Å². The van der Waals surface area contributed by atoms with Crippen molar-refractivity contribution in [1.82, 2.24) is 0 Å². The molecule has 0 fully saturated rings. The number of carbonyl (C=O) groups is 1. The first-order valence-corrected chi connectivity index (χ1v) is 8.40. The van der Waals surface area contributed by atoms with Crippen molar-refractivity contribution >= 4 is 21.6 Å². The van der Waals surface area contributed by atoms with Crippen LogP contribution in [0.5, 0.6) is 0 Å². The van der Waals surface area contributed by atoms with Crippen molar-refractivity contribution in [2.24, 2.45) is 0 Å². The Labute approximate surface area is 139 Å². The van der Waals surface area contributed by atoms with Crippen LogP contribution in [0, 0.1) is 17.0 Å². The number of Topliss-reactive ketones (excluding diaryl/α,β-unsaturated/α-hetero) is 1. The third kappa shape index (κ3) is 4.03. The summed E-state index contributed by atoms with van der Waals surface area (Å²) in [4.78, 5) is 21.9. The second-order valence-electron chi connectivity index (χ2n) is 5.17. The van der Waals surface area contributed by atoms with Crippen molar-refractivity contribution in [1.29, 1.82) is 0 Å². The van der Waals surface area contributed by atoms with E-state index in [1.807, 2.05) is 6.92 Å². The lowest BCUT2D eigenvalue weighted by molar-refractivity contribution is -0.384. The van der Waals surface area contributed by atoms with Crippen LogP contribution in [-0.4, -0.2) is 25.2 Å². The summed E-state index contributed by atoms with van der Waals surface area (Å²) >= 11 is 0. The van der Waals surface area contributed by atoms with E-state index in [4.69, 9.17) is 4.18 Å². The summed E-state index contributed by atoms with van der Waals surface area (Å²) in [5, 5.41) is 10.6. The zero-order valence-corrected chi connectivity index (χ0v) is 13.8. The monoisotopic (exact) mass is 349 g/mol. The van der Waals surface area contributed by atoms with Gasteiger partial charge < -0.3 is 0 Å². The van der Waals surface area contributed by atoms with Crippen LogP contribution in [0.25, 0.3) is 0 Å². The molecule has 8 heteroatoms. The van der Waals surface area contributed by atoms with E-state index in [0.717, 1.165) is 29.8 Å². The molecule has 1 unspecified atom stereocenters. The summed E-state index contributed by atoms with van der Waals surface area (Å²) in [7, 11) is -4.21. The normalized spacial score (nSPS) is 12.6. The first-order chi connectivity index (χ1) is 11.2. The predicted molar refractivity (Wildman–Crippen MR) is 86.3 cm³/mol. The molecule has 0 spiro atoms. The number of aryl methyl sites for hydroxylation is 1. The molecule has 2 rings (SSSR count). The van der Waals surface area contributed by atoms with Crippen LogP contribution in [-0.2, 0) is 14.3 Å². The molecule has 0 heterocycles. The first kappa shape index (κ1) is 17.8. The number of ketones is 1. The molecule has 126 valence electrons. The highest BCUT2D eigenvalue weighted by atomic mass is 32.2. The van der Waals surface area contributed by atoms with E-state index < -0.39 is 26.9 Å². The minimum absolute atomic E-state index is 0.238. The molecule has 0 radical (unpaired) electrons. The van der Waals surface area contributed by atoms with Crippen LogP contribution in [0.15, 0.2) is 53.4 Å². The molecule has 7 nitrogen and oxygen atoms in total. The fourth-order valence-corrected chi connectivity index (χ4v) is 3.02. The Morgan fingerprint density at radius 1 is 1.08 bits per heavy atom. The number of nitro groups is 1. The minimum Gasteiger partial charge on any atom is -0.291 e. The SMILES string of the molecule is Cc1ccc(C(=O)C(C)OS(=O)(=O)c2ccc([N+](=O)[O-])cc2)cc1. The van der Waals surface area contributed by atoms with E-state index in [9.17, 15) is 23.3 Å². The van der Waals surface area contributed by atoms with Crippen molar-refractivity contribution in [3.63, 3.8) is 0 Å². The van der Waals surface area contributed by atoms with Crippen LogP contribution < -0.4 is 0 Å². The van der Waals surface area contributed by atoms with Gasteiger partial charge in [-0.2, -0.15) is 8.42 Å². The van der Waals surface area contributed by atoms with E-state index in [1.54, 1.807) is 24.3 Å². The number of nitrogens with zero attached hydrogens (tertiary/aromatic N) is 1. The maximum Gasteiger partial charge on any atom is 0.297 e. The van der Waals surface area contributed by atoms with Crippen molar-refractivity contribution in [3.05, 3.63) is 69.8 Å². The molecular weight excluding hydrogens is 334 g/mol. The van der Waals surface area contributed by atoms with Gasteiger partial charge in [0.2, 0.25) is 0 Å². The number of non-ortho nitro benzene ring substituents is 1. The molecule has 0 aromatic heterocycles. The van der Waals surface area contributed by atoms with Crippen molar-refractivity contribution in [2.45, 2.75) is 24.8 Å². The lowest BCUT2D eigenvalue weighted by Crippen LogP contribution is -2.24. The van der Waals surface area contributed by atoms with Gasteiger partial charge in [-0.1, -0.05) is 29.8 Å². The second-order valence-corrected chi connectivity index (χ2v) is 6.75. The standard InChI is InChI=1S/C16H15NO6S/c1-11-3-5-13(6-4-11)16(18)12(2)23-24(21,22)15-9-7-14(8-10-15)17(19)20/h3-10,12H,1-2H3. The first-order valence-electron chi connectivity index (χ1n) is 6.99. The minimum atomic E-state index is -4.21. The molecule has 2 aromatic carbocycles. The van der Waals surface area contributed by atoms with Gasteiger partial charge >= 0.3 is 0 Å². The molecular formula is C16H15NO6S. The maximum absolute atomic E-state index is 12.2. The molecule has 1 atom stereocenters. The van der Waals surface area contributed by atoms with E-state index >= 15 is 0 Å². The van der Waals surface area contributed by atoms with E-state index in [0.29, 0.717) is 5.56 Å². The van der Waals surface area contributed by atoms with Crippen LogP contribution >= 0.6 is 0 Å². The lowest BCUT2D eigenvalue weighted by Gasteiger charge is -2.12. The quantitative estimate of drug-likeness (QED) is 0.344. The largest absolute Gasteiger partial charge is 0.297 e. The Bertz CT molecular complexity index is 856. The third-order valence-corrected chi connectivity index (χ3v) is 4.70. The summed E-state index contributed by atoms with van der Waals surface area (Å²) in [6, 6.07) is 10.9. The van der Waals surface area contributed by atoms with Gasteiger partial charge in [-0.25, -0.2) is 0 Å². The lowest BCUT2D eigenvalue weighted by atomic mass is 10.1. The highest BCUT2D eigenvalue weighted by molar-refractivity contribution is 7.86. The molecule has 2 aromatic rings. The van der Waals surface area contributed by atoms with Gasteiger partial charge in [0.25, 0.3) is 15.8 Å². The Hall–Kier alpha value is -2.58. The molecule has 0 aliphatic rings. The topological polar surface area (TPSA) is 104 Å². The number of rotatable bonds is 6. The highest BCUT2D eigenvalue weighted by Crippen LogP contribution is 2.20. The van der Waals surface area contributed by atoms with Crippen LogP contribution in [0.4, 0.5) is 5.69 Å². The van der Waals surface area contributed by atoms with Crippen molar-refractivity contribution < 1.29 is 22.3 Å². The van der Waals surface area contributed by atoms with Gasteiger partial charge in [0.1, 0.15) is 6.10 Å². The Morgan fingerprint density at radius 3 is 2.12 bits per heavy atom. The zero-order chi connectivity index (χ0) is 17.9. The Kier molecular flexibility index (Phi) is 5.10. The summed E-state index contributed by atoms with van der Waals surface area (Å²) in [6.45, 7) is 3.21. The average molecular weight is 349 g/mol. The van der Waals surface area contributed by atoms with Gasteiger partial charge in [-0.05, 0) is 26.0 Å². The van der Waals surface area contributed by atoms with Crippen LogP contribution in [0.3, 0.4) is 0 Å². The van der Waals surface area contributed by atoms with Crippen molar-refractivity contribution in [3.8, 4) is 0 Å². The second kappa shape index (κ2) is 6.90. The van der Waals surface area contributed by atoms with Gasteiger partial charge in [0.15, 0.2) is 5.78 Å². The maximum atomic E-state index is 12.2. The van der Waals surface area contributed by atoms with E-state index in [-0.39, 0.29) is 10.6 Å². The highest BCUT2D eigenvalue weighted by Gasteiger charge is 2.25. The van der Waals surface area contributed by atoms with E-state index in [1.165, 1.54) is 6.92 Å². The van der Waals surface area contributed by atoms with Gasteiger partial charge in [0.05, 0.1) is 9.82 Å². The molecule has 24 heavy (non-hydrogen) atoms. The van der Waals surface area contributed by atoms with Crippen LogP contribution in [0.2, 0.25) is 0 Å². The van der Waals surface area contributed by atoms with Crippen LogP contribution in [0.1, 0.15) is 22.8 Å². The summed E-state index contributed by atoms with van der Waals surface area (Å²) in [5.41, 5.74) is 1.07. The number of nitro benzene ring substituents is 1. The Morgan fingerprint density at radius 2 is 1.62 bits per heavy atom. The number of hydrogen-bond acceptors (Lipinski definition) is 6. The molecule has 0 amide bonds. The van der Waals surface area contributed by atoms with Gasteiger partial charge in [-0.3, -0.25) is 19.1 Å². The van der Waals surface area contributed by atoms with E-state index in [2.05, 4.69) is 0 Å². The average Bonchev–Trinajstić information content (AvgIpc) is 2.54. The molecule has 0 bridgehead atoms. The molecule has 0 N–H and O–H groups in total. The molecule has 0 saturated carbocycles. The number of benzene rings is 2. The molecule has 0 saturated heterocycles. The predicted octanol–water partition coefficient (Wildman–Crippen LogP) is 2.88. The molecule has 0 aliphatic carbocycles. The van der Waals surface area contributed by atoms with Gasteiger partial charge in [0, 0.05) is 17.7 Å². The summed E-state index contributed by atoms with van der Waals surface area (Å²) in [5.74, 6) is -0.472. The third-order valence-electron chi connectivity index (χ3n) is 3.31. The Balaban J connectivity index is 2.17. The fourth-order valence-electron chi connectivity index (χ4n) is 1.98. The summed E-state index contributed by atoms with van der Waals surface area (Å²) in [6.07, 6.45) is -1.21. The van der Waals surface area contributed by atoms with Gasteiger partial charge in [-0.15, -0.1) is 0 Å². The zero-order valence-electron chi connectivity index (χ0n) is 13.0. The number of hydrogen-bond donors (Lipinski definition) is 0. The number of carbonyl (C=O) groups excluding carboxylic acids is 1. The summed E-state index contributed by atoms with van der Waals surface area (Å²) < 4.78 is 29.3. The fraction of sp³-hybridized carbons (Fsp3) is 0.188.